The molecular weight excluding hydrogens is 274 g/mol. The van der Waals surface area contributed by atoms with E-state index < -0.39 is 31.1 Å². The Bertz CT molecular complexity index is 471. The molecule has 9 heteroatoms. The number of hydrogen-bond donors (Lipinski definition) is 3. The van der Waals surface area contributed by atoms with Crippen LogP contribution in [0.1, 0.15) is 9.88 Å². The summed E-state index contributed by atoms with van der Waals surface area (Å²) in [5.41, 5.74) is 0. The first-order chi connectivity index (χ1) is 8.88. The van der Waals surface area contributed by atoms with Crippen molar-refractivity contribution >= 4 is 29.3 Å². The van der Waals surface area contributed by atoms with Gasteiger partial charge in [-0.25, -0.2) is 9.78 Å². The van der Waals surface area contributed by atoms with Crippen LogP contribution in [0, 0.1) is 6.92 Å². The molecule has 0 unspecified atom stereocenters. The van der Waals surface area contributed by atoms with E-state index in [4.69, 9.17) is 10.2 Å². The molecular formula is C10H13N3O5S. The third kappa shape index (κ3) is 5.34. The molecule has 0 spiro atoms. The fourth-order valence-corrected chi connectivity index (χ4v) is 2.02. The molecule has 3 N–H and O–H groups in total. The number of nitrogens with zero attached hydrogens (tertiary/aromatic N) is 2. The van der Waals surface area contributed by atoms with Crippen molar-refractivity contribution in [2.75, 3.05) is 13.1 Å². The maximum absolute atomic E-state index is 11.7. The van der Waals surface area contributed by atoms with Gasteiger partial charge in [0.05, 0.1) is 11.6 Å². The fourth-order valence-electron chi connectivity index (χ4n) is 1.29. The molecule has 0 bridgehead atoms. The number of hydrogen-bond acceptors (Lipinski definition) is 5. The summed E-state index contributed by atoms with van der Waals surface area (Å²) in [7, 11) is 0. The highest BCUT2D eigenvalue weighted by Gasteiger charge is 2.19. The second-order valence-electron chi connectivity index (χ2n) is 3.65. The van der Waals surface area contributed by atoms with Crippen molar-refractivity contribution in [3.8, 4) is 0 Å². The predicted molar refractivity (Wildman–Crippen MR) is 65.9 cm³/mol. The lowest BCUT2D eigenvalue weighted by atomic mass is 10.4. The number of thiazole rings is 1. The molecule has 0 aliphatic heterocycles. The van der Waals surface area contributed by atoms with Crippen LogP contribution in [0.3, 0.4) is 0 Å². The molecule has 1 aromatic heterocycles. The molecule has 0 saturated heterocycles. The number of amides is 2. The van der Waals surface area contributed by atoms with Gasteiger partial charge in [0.2, 0.25) is 0 Å². The van der Waals surface area contributed by atoms with Gasteiger partial charge in [0.15, 0.2) is 0 Å². The van der Waals surface area contributed by atoms with E-state index in [-0.39, 0.29) is 6.54 Å². The third-order valence-electron chi connectivity index (χ3n) is 2.02. The minimum atomic E-state index is -1.27. The predicted octanol–water partition coefficient (Wildman–Crippen LogP) is 0.132. The van der Waals surface area contributed by atoms with Crippen LogP contribution in [0.4, 0.5) is 4.79 Å². The van der Waals surface area contributed by atoms with Crippen LogP contribution >= 0.6 is 11.3 Å². The minimum Gasteiger partial charge on any atom is -0.480 e. The maximum Gasteiger partial charge on any atom is 0.323 e. The summed E-state index contributed by atoms with van der Waals surface area (Å²) < 4.78 is 0. The van der Waals surface area contributed by atoms with Crippen LogP contribution in [0.25, 0.3) is 0 Å². The SMILES string of the molecule is Cc1ncc(CNC(=O)N(CC(=O)O)CC(=O)O)s1. The van der Waals surface area contributed by atoms with Crippen molar-refractivity contribution in [3.63, 3.8) is 0 Å². The largest absolute Gasteiger partial charge is 0.480 e. The van der Waals surface area contributed by atoms with Crippen molar-refractivity contribution in [1.82, 2.24) is 15.2 Å². The van der Waals surface area contributed by atoms with Crippen molar-refractivity contribution in [3.05, 3.63) is 16.1 Å². The van der Waals surface area contributed by atoms with Gasteiger partial charge in [-0.3, -0.25) is 9.59 Å². The Balaban J connectivity index is 2.55. The zero-order valence-corrected chi connectivity index (χ0v) is 10.9. The number of aryl methyl sites for hydroxylation is 1. The molecule has 0 saturated carbocycles. The van der Waals surface area contributed by atoms with Gasteiger partial charge in [-0.2, -0.15) is 0 Å². The lowest BCUT2D eigenvalue weighted by Gasteiger charge is -2.18. The number of aromatic nitrogens is 1. The van der Waals surface area contributed by atoms with Gasteiger partial charge in [-0.15, -0.1) is 11.3 Å². The zero-order chi connectivity index (χ0) is 14.4. The van der Waals surface area contributed by atoms with Crippen LogP contribution in [0.2, 0.25) is 0 Å². The summed E-state index contributed by atoms with van der Waals surface area (Å²) in [4.78, 5) is 38.3. The first kappa shape index (κ1) is 14.9. The number of carbonyl (C=O) groups is 3. The van der Waals surface area contributed by atoms with Crippen molar-refractivity contribution < 1.29 is 24.6 Å². The van der Waals surface area contributed by atoms with Gasteiger partial charge < -0.3 is 20.4 Å². The lowest BCUT2D eigenvalue weighted by Crippen LogP contribution is -2.44. The highest BCUT2D eigenvalue weighted by molar-refractivity contribution is 7.11. The van der Waals surface area contributed by atoms with Crippen LogP contribution in [-0.2, 0) is 16.1 Å². The summed E-state index contributed by atoms with van der Waals surface area (Å²) in [5, 5.41) is 20.5. The summed E-state index contributed by atoms with van der Waals surface area (Å²) in [6, 6.07) is -0.740. The van der Waals surface area contributed by atoms with E-state index in [9.17, 15) is 14.4 Å². The molecule has 2 amide bonds. The van der Waals surface area contributed by atoms with E-state index in [2.05, 4.69) is 10.3 Å². The number of nitrogens with one attached hydrogen (secondary N) is 1. The summed E-state index contributed by atoms with van der Waals surface area (Å²) >= 11 is 1.39. The normalized spacial score (nSPS) is 9.95. The number of urea groups is 1. The molecule has 0 atom stereocenters. The third-order valence-corrected chi connectivity index (χ3v) is 2.94. The lowest BCUT2D eigenvalue weighted by molar-refractivity contribution is -0.140. The molecule has 0 fully saturated rings. The number of carboxylic acids is 2. The molecule has 0 aliphatic rings. The van der Waals surface area contributed by atoms with Crippen LogP contribution < -0.4 is 5.32 Å². The van der Waals surface area contributed by atoms with Gasteiger partial charge in [0.1, 0.15) is 13.1 Å². The average Bonchev–Trinajstić information content (AvgIpc) is 2.70. The van der Waals surface area contributed by atoms with Crippen molar-refractivity contribution in [2.45, 2.75) is 13.5 Å². The van der Waals surface area contributed by atoms with E-state index in [0.717, 1.165) is 9.88 Å². The zero-order valence-electron chi connectivity index (χ0n) is 10.1. The fraction of sp³-hybridized carbons (Fsp3) is 0.400. The number of carboxylic acid groups (broad SMARTS) is 2. The van der Waals surface area contributed by atoms with Gasteiger partial charge in [0, 0.05) is 11.1 Å². The van der Waals surface area contributed by atoms with Crippen LogP contribution in [0.15, 0.2) is 6.20 Å². The molecule has 104 valence electrons. The van der Waals surface area contributed by atoms with Crippen molar-refractivity contribution in [1.29, 1.82) is 0 Å². The quantitative estimate of drug-likeness (QED) is 0.684. The van der Waals surface area contributed by atoms with E-state index in [0.29, 0.717) is 4.90 Å². The molecule has 8 nitrogen and oxygen atoms in total. The standard InChI is InChI=1S/C10H13N3O5S/c1-6-11-2-7(19-6)3-12-10(18)13(4-8(14)15)5-9(16)17/h2H,3-5H2,1H3,(H,12,18)(H,14,15)(H,16,17). The van der Waals surface area contributed by atoms with Crippen LogP contribution in [0.5, 0.6) is 0 Å². The number of carbonyl (C=O) groups excluding carboxylic acids is 1. The Labute approximate surface area is 112 Å². The Morgan fingerprint density at radius 3 is 2.32 bits per heavy atom. The molecule has 1 heterocycles. The van der Waals surface area contributed by atoms with E-state index in [1.807, 2.05) is 6.92 Å². The molecule has 0 aromatic carbocycles. The first-order valence-corrected chi connectivity index (χ1v) is 6.08. The topological polar surface area (TPSA) is 120 Å². The monoisotopic (exact) mass is 287 g/mol. The summed E-state index contributed by atoms with van der Waals surface area (Å²) in [6.45, 7) is 0.664. The van der Waals surface area contributed by atoms with E-state index >= 15 is 0 Å². The first-order valence-electron chi connectivity index (χ1n) is 5.26. The minimum absolute atomic E-state index is 0.181. The molecule has 1 aromatic rings. The van der Waals surface area contributed by atoms with Crippen LogP contribution in [-0.4, -0.2) is 51.2 Å². The Hall–Kier alpha value is -2.16. The van der Waals surface area contributed by atoms with E-state index in [1.54, 1.807) is 6.20 Å². The summed E-state index contributed by atoms with van der Waals surface area (Å²) in [6.07, 6.45) is 1.60. The molecule has 1 rings (SSSR count). The van der Waals surface area contributed by atoms with Gasteiger partial charge in [-0.05, 0) is 6.92 Å². The number of rotatable bonds is 6. The van der Waals surface area contributed by atoms with Gasteiger partial charge in [-0.1, -0.05) is 0 Å². The second-order valence-corrected chi connectivity index (χ2v) is 4.97. The Morgan fingerprint density at radius 1 is 1.32 bits per heavy atom. The Kier molecular flexibility index (Phi) is 5.24. The molecule has 0 radical (unpaired) electrons. The highest BCUT2D eigenvalue weighted by atomic mass is 32.1. The summed E-state index contributed by atoms with van der Waals surface area (Å²) in [5.74, 6) is -2.55. The Morgan fingerprint density at radius 2 is 1.89 bits per heavy atom. The molecule has 19 heavy (non-hydrogen) atoms. The number of aliphatic carboxylic acids is 2. The van der Waals surface area contributed by atoms with Gasteiger partial charge >= 0.3 is 18.0 Å². The maximum atomic E-state index is 11.7. The highest BCUT2D eigenvalue weighted by Crippen LogP contribution is 2.10. The van der Waals surface area contributed by atoms with E-state index in [1.165, 1.54) is 11.3 Å². The molecule has 0 aliphatic carbocycles. The van der Waals surface area contributed by atoms with Gasteiger partial charge in [0.25, 0.3) is 0 Å². The second kappa shape index (κ2) is 6.69. The average molecular weight is 287 g/mol. The van der Waals surface area contributed by atoms with Crippen molar-refractivity contribution in [2.24, 2.45) is 0 Å². The smallest absolute Gasteiger partial charge is 0.323 e.